The van der Waals surface area contributed by atoms with E-state index in [2.05, 4.69) is 4.90 Å². The lowest BCUT2D eigenvalue weighted by Crippen LogP contribution is -2.49. The number of hydrogen-bond acceptors (Lipinski definition) is 4. The van der Waals surface area contributed by atoms with Gasteiger partial charge >= 0.3 is 18.1 Å². The van der Waals surface area contributed by atoms with E-state index in [0.29, 0.717) is 38.4 Å². The maximum atomic E-state index is 12.8. The first-order chi connectivity index (χ1) is 13.1. The van der Waals surface area contributed by atoms with Crippen LogP contribution in [-0.4, -0.2) is 76.3 Å². The van der Waals surface area contributed by atoms with E-state index >= 15 is 0 Å². The van der Waals surface area contributed by atoms with E-state index in [1.807, 2.05) is 12.2 Å². The minimum absolute atomic E-state index is 0.166. The molecule has 2 heterocycles. The summed E-state index contributed by atoms with van der Waals surface area (Å²) in [4.78, 5) is 37.7. The van der Waals surface area contributed by atoms with Crippen LogP contribution >= 0.6 is 0 Å². The summed E-state index contributed by atoms with van der Waals surface area (Å²) >= 11 is 0. The molecule has 2 atom stereocenters. The Bertz CT molecular complexity index is 631. The van der Waals surface area contributed by atoms with Gasteiger partial charge in [-0.3, -0.25) is 14.5 Å². The number of amides is 1. The predicted octanol–water partition coefficient (Wildman–Crippen LogP) is 2.13. The molecule has 0 radical (unpaired) electrons. The van der Waals surface area contributed by atoms with Crippen LogP contribution in [-0.2, 0) is 14.4 Å². The molecule has 0 aromatic heterocycles. The molecule has 2 aliphatic heterocycles. The molecule has 2 N–H and O–H groups in total. The van der Waals surface area contributed by atoms with Gasteiger partial charge in [-0.2, -0.15) is 13.2 Å². The number of aliphatic carboxylic acids is 2. The van der Waals surface area contributed by atoms with Crippen molar-refractivity contribution in [2.45, 2.75) is 50.7 Å². The largest absolute Gasteiger partial charge is 0.490 e. The number of carbonyl (C=O) groups is 3. The van der Waals surface area contributed by atoms with Crippen molar-refractivity contribution in [1.82, 2.24) is 9.80 Å². The lowest BCUT2D eigenvalue weighted by atomic mass is 9.76. The molecule has 3 rings (SSSR count). The number of allylic oxidation sites excluding steroid dienone is 2. The van der Waals surface area contributed by atoms with Gasteiger partial charge in [0.2, 0.25) is 5.91 Å². The summed E-state index contributed by atoms with van der Waals surface area (Å²) in [7, 11) is 0. The lowest BCUT2D eigenvalue weighted by Gasteiger charge is -2.33. The Kier molecular flexibility index (Phi) is 7.08. The fraction of sp³-hybridized carbons (Fsp3) is 0.722. The highest BCUT2D eigenvalue weighted by Crippen LogP contribution is 2.36. The first-order valence-corrected chi connectivity index (χ1v) is 9.30. The van der Waals surface area contributed by atoms with Crippen LogP contribution in [0.1, 0.15) is 38.5 Å². The molecule has 158 valence electrons. The molecule has 1 aliphatic carbocycles. The van der Waals surface area contributed by atoms with E-state index in [0.717, 1.165) is 19.5 Å². The Hall–Kier alpha value is -2.10. The number of hydrogen-bond donors (Lipinski definition) is 2. The van der Waals surface area contributed by atoms with Gasteiger partial charge in [-0.25, -0.2) is 4.79 Å². The molecule has 1 amide bonds. The summed E-state index contributed by atoms with van der Waals surface area (Å²) in [6.07, 6.45) is 3.67. The fourth-order valence-electron chi connectivity index (χ4n) is 3.95. The van der Waals surface area contributed by atoms with Gasteiger partial charge in [0.15, 0.2) is 0 Å². The predicted molar refractivity (Wildman–Crippen MR) is 92.5 cm³/mol. The topological polar surface area (TPSA) is 98.1 Å². The van der Waals surface area contributed by atoms with Crippen molar-refractivity contribution in [3.63, 3.8) is 0 Å². The van der Waals surface area contributed by atoms with Crippen LogP contribution < -0.4 is 0 Å². The monoisotopic (exact) mass is 406 g/mol. The molecule has 2 fully saturated rings. The quantitative estimate of drug-likeness (QED) is 0.550. The van der Waals surface area contributed by atoms with Gasteiger partial charge in [0.25, 0.3) is 0 Å². The second-order valence-electron chi connectivity index (χ2n) is 7.34. The lowest BCUT2D eigenvalue weighted by molar-refractivity contribution is -0.192. The van der Waals surface area contributed by atoms with E-state index < -0.39 is 23.5 Å². The minimum atomic E-state index is -5.08. The van der Waals surface area contributed by atoms with E-state index in [1.165, 1.54) is 12.8 Å². The molecule has 0 aromatic rings. The first-order valence-electron chi connectivity index (χ1n) is 9.30. The van der Waals surface area contributed by atoms with Crippen LogP contribution in [0.2, 0.25) is 0 Å². The number of halogens is 3. The molecular weight excluding hydrogens is 381 g/mol. The van der Waals surface area contributed by atoms with E-state index in [-0.39, 0.29) is 5.91 Å². The second-order valence-corrected chi connectivity index (χ2v) is 7.34. The molecule has 2 saturated heterocycles. The van der Waals surface area contributed by atoms with E-state index in [1.54, 1.807) is 4.90 Å². The zero-order valence-electron chi connectivity index (χ0n) is 15.5. The molecule has 10 heteroatoms. The molecule has 3 aliphatic rings. The van der Waals surface area contributed by atoms with Gasteiger partial charge in [0.1, 0.15) is 5.41 Å². The maximum absolute atomic E-state index is 12.8. The van der Waals surface area contributed by atoms with Gasteiger partial charge in [-0.1, -0.05) is 12.2 Å². The minimum Gasteiger partial charge on any atom is -0.480 e. The summed E-state index contributed by atoms with van der Waals surface area (Å²) < 4.78 is 31.7. The molecule has 0 spiro atoms. The SMILES string of the molecule is O=C(O)C(F)(F)F.O=C(O)C1(C(=O)N2CCC(N3CCCC3)C2)CC=CCC1. The Morgan fingerprint density at radius 1 is 1.04 bits per heavy atom. The van der Waals surface area contributed by atoms with E-state index in [9.17, 15) is 27.9 Å². The molecule has 0 bridgehead atoms. The van der Waals surface area contributed by atoms with Gasteiger partial charge in [-0.05, 0) is 51.6 Å². The van der Waals surface area contributed by atoms with Crippen molar-refractivity contribution in [3.05, 3.63) is 12.2 Å². The summed E-state index contributed by atoms with van der Waals surface area (Å²) in [5, 5.41) is 16.7. The second kappa shape index (κ2) is 8.93. The molecule has 2 unspecified atom stereocenters. The zero-order chi connectivity index (χ0) is 20.9. The summed E-state index contributed by atoms with van der Waals surface area (Å²) in [5.74, 6) is -3.88. The Labute approximate surface area is 160 Å². The maximum Gasteiger partial charge on any atom is 0.490 e. The van der Waals surface area contributed by atoms with Crippen molar-refractivity contribution in [2.75, 3.05) is 26.2 Å². The van der Waals surface area contributed by atoms with Crippen LogP contribution in [0.3, 0.4) is 0 Å². The Balaban J connectivity index is 0.000000345. The average molecular weight is 406 g/mol. The standard InChI is InChI=1S/C16H24N2O3.C2HF3O2/c19-14(16(15(20)21)7-2-1-3-8-16)18-11-6-13(12-18)17-9-4-5-10-17;3-2(4,5)1(6)7/h1-2,13H,3-12H2,(H,20,21);(H,6,7). The number of nitrogens with zero attached hydrogens (tertiary/aromatic N) is 2. The molecule has 0 aromatic carbocycles. The van der Waals surface area contributed by atoms with Crippen LogP contribution in [0.25, 0.3) is 0 Å². The summed E-state index contributed by atoms with van der Waals surface area (Å²) in [5.41, 5.74) is -1.21. The number of carboxylic acids is 2. The van der Waals surface area contributed by atoms with Crippen LogP contribution in [0.15, 0.2) is 12.2 Å². The molecule has 0 saturated carbocycles. The zero-order valence-corrected chi connectivity index (χ0v) is 15.5. The molecular formula is C18H25F3N2O5. The van der Waals surface area contributed by atoms with Crippen molar-refractivity contribution >= 4 is 17.8 Å². The third-order valence-corrected chi connectivity index (χ3v) is 5.54. The highest BCUT2D eigenvalue weighted by atomic mass is 19.4. The van der Waals surface area contributed by atoms with Crippen LogP contribution in [0, 0.1) is 5.41 Å². The first kappa shape index (κ1) is 22.2. The third kappa shape index (κ3) is 5.03. The van der Waals surface area contributed by atoms with Gasteiger partial charge in [-0.15, -0.1) is 0 Å². The van der Waals surface area contributed by atoms with Gasteiger partial charge in [0.05, 0.1) is 0 Å². The van der Waals surface area contributed by atoms with Crippen molar-refractivity contribution in [1.29, 1.82) is 0 Å². The highest BCUT2D eigenvalue weighted by Gasteiger charge is 2.49. The Morgan fingerprint density at radius 2 is 1.64 bits per heavy atom. The fourth-order valence-corrected chi connectivity index (χ4v) is 3.95. The number of likely N-dealkylation sites (tertiary alicyclic amines) is 2. The molecule has 28 heavy (non-hydrogen) atoms. The number of rotatable bonds is 3. The smallest absolute Gasteiger partial charge is 0.480 e. The average Bonchev–Trinajstić information content (AvgIpc) is 3.32. The molecule has 7 nitrogen and oxygen atoms in total. The van der Waals surface area contributed by atoms with Crippen molar-refractivity contribution in [2.24, 2.45) is 5.41 Å². The summed E-state index contributed by atoms with van der Waals surface area (Å²) in [6.45, 7) is 3.66. The van der Waals surface area contributed by atoms with Crippen LogP contribution in [0.4, 0.5) is 13.2 Å². The normalized spacial score (nSPS) is 28.0. The Morgan fingerprint density at radius 3 is 2.11 bits per heavy atom. The van der Waals surface area contributed by atoms with Gasteiger partial charge < -0.3 is 15.1 Å². The summed E-state index contributed by atoms with van der Waals surface area (Å²) in [6, 6.07) is 0.432. The number of carboxylic acid groups (broad SMARTS) is 2. The van der Waals surface area contributed by atoms with Crippen LogP contribution in [0.5, 0.6) is 0 Å². The van der Waals surface area contributed by atoms with Crippen molar-refractivity contribution < 1.29 is 37.8 Å². The number of alkyl halides is 3. The number of carbonyl (C=O) groups excluding carboxylic acids is 1. The van der Waals surface area contributed by atoms with Crippen molar-refractivity contribution in [3.8, 4) is 0 Å². The highest BCUT2D eigenvalue weighted by molar-refractivity contribution is 6.02. The van der Waals surface area contributed by atoms with Gasteiger partial charge in [0, 0.05) is 19.1 Å². The van der Waals surface area contributed by atoms with E-state index in [4.69, 9.17) is 9.90 Å². The third-order valence-electron chi connectivity index (χ3n) is 5.54.